The fourth-order valence-corrected chi connectivity index (χ4v) is 4.71. The summed E-state index contributed by atoms with van der Waals surface area (Å²) in [5.41, 5.74) is 6.68. The Hall–Kier alpha value is -3.21. The number of piperazine rings is 1. The van der Waals surface area contributed by atoms with Gasteiger partial charge >= 0.3 is 6.61 Å². The molecule has 2 aliphatic carbocycles. The van der Waals surface area contributed by atoms with Crippen molar-refractivity contribution < 1.29 is 32.3 Å². The van der Waals surface area contributed by atoms with E-state index in [1.165, 1.54) is 18.2 Å². The second-order valence-electron chi connectivity index (χ2n) is 10.6. The second-order valence-corrected chi connectivity index (χ2v) is 10.6. The topological polar surface area (TPSA) is 111 Å². The largest absolute Gasteiger partial charge is 0.489 e. The fourth-order valence-electron chi connectivity index (χ4n) is 4.71. The summed E-state index contributed by atoms with van der Waals surface area (Å²) in [7, 11) is 0. The van der Waals surface area contributed by atoms with Crippen molar-refractivity contribution >= 4 is 11.8 Å². The van der Waals surface area contributed by atoms with Gasteiger partial charge in [0.2, 0.25) is 11.8 Å². The van der Waals surface area contributed by atoms with E-state index < -0.39 is 12.7 Å². The maximum Gasteiger partial charge on any atom is 0.387 e. The Morgan fingerprint density at radius 1 is 1.16 bits per heavy atom. The van der Waals surface area contributed by atoms with Crippen molar-refractivity contribution in [2.75, 3.05) is 26.2 Å². The van der Waals surface area contributed by atoms with Crippen molar-refractivity contribution in [2.45, 2.75) is 64.6 Å². The molecule has 2 atom stereocenters. The zero-order chi connectivity index (χ0) is 27.0. The molecule has 2 aromatic rings. The lowest BCUT2D eigenvalue weighted by molar-refractivity contribution is -0.135. The number of aromatic nitrogens is 1. The average Bonchev–Trinajstić information content (AvgIpc) is 3.81. The standard InChI is InChI=1S/C27H34F2N4O5/c1-15-13-32(9-10-33(15)22(34)11-17-3-4-17)26(35)23-24(16(2)30)38-25(31-23)19-7-8-20(37-27(28)29)21(12-19)36-14-18-5-6-18/h7-8,12,15-18,27H,3-6,9-11,13-14,30H2,1-2H3/t15-,16+/m1/s1. The molecule has 0 unspecified atom stereocenters. The van der Waals surface area contributed by atoms with Crippen molar-refractivity contribution in [3.63, 3.8) is 0 Å². The number of nitrogens with zero attached hydrogens (tertiary/aromatic N) is 3. The maximum absolute atomic E-state index is 13.5. The van der Waals surface area contributed by atoms with Crippen LogP contribution >= 0.6 is 0 Å². The van der Waals surface area contributed by atoms with Gasteiger partial charge in [-0.2, -0.15) is 8.78 Å². The maximum atomic E-state index is 13.5. The zero-order valence-electron chi connectivity index (χ0n) is 21.7. The minimum Gasteiger partial charge on any atom is -0.489 e. The summed E-state index contributed by atoms with van der Waals surface area (Å²) < 4.78 is 42.1. The molecular formula is C27H34F2N4O5. The SMILES string of the molecule is C[C@H](N)c1oc(-c2ccc(OC(F)F)c(OCC3CC3)c2)nc1C(=O)N1CCN(C(=O)CC2CC2)[C@H](C)C1. The number of rotatable bonds is 10. The molecule has 2 heterocycles. The molecule has 206 valence electrons. The van der Waals surface area contributed by atoms with E-state index in [9.17, 15) is 18.4 Å². The van der Waals surface area contributed by atoms with Crippen LogP contribution < -0.4 is 15.2 Å². The predicted octanol–water partition coefficient (Wildman–Crippen LogP) is 4.22. The predicted molar refractivity (Wildman–Crippen MR) is 134 cm³/mol. The first-order valence-electron chi connectivity index (χ1n) is 13.3. The molecule has 9 nitrogen and oxygen atoms in total. The molecule has 1 aromatic carbocycles. The molecule has 38 heavy (non-hydrogen) atoms. The van der Waals surface area contributed by atoms with Crippen LogP contribution in [0.4, 0.5) is 8.78 Å². The van der Waals surface area contributed by atoms with Crippen molar-refractivity contribution in [2.24, 2.45) is 17.6 Å². The van der Waals surface area contributed by atoms with Crippen LogP contribution in [0.15, 0.2) is 22.6 Å². The molecule has 0 spiro atoms. The third-order valence-corrected chi connectivity index (χ3v) is 7.24. The lowest BCUT2D eigenvalue weighted by atomic mass is 10.1. The zero-order valence-corrected chi connectivity index (χ0v) is 21.7. The minimum absolute atomic E-state index is 0.0808. The molecular weight excluding hydrogens is 498 g/mol. The Kier molecular flexibility index (Phi) is 7.56. The number of ether oxygens (including phenoxy) is 2. The minimum atomic E-state index is -2.99. The highest BCUT2D eigenvalue weighted by Crippen LogP contribution is 2.37. The number of oxazole rings is 1. The van der Waals surface area contributed by atoms with Gasteiger partial charge in [0.15, 0.2) is 23.0 Å². The van der Waals surface area contributed by atoms with E-state index in [0.29, 0.717) is 50.1 Å². The number of alkyl halides is 2. The average molecular weight is 533 g/mol. The van der Waals surface area contributed by atoms with Crippen LogP contribution in [0.5, 0.6) is 11.5 Å². The fraction of sp³-hybridized carbons (Fsp3) is 0.593. The van der Waals surface area contributed by atoms with E-state index in [0.717, 1.165) is 25.7 Å². The second kappa shape index (κ2) is 10.9. The molecule has 3 fully saturated rings. The van der Waals surface area contributed by atoms with Gasteiger partial charge in [-0.3, -0.25) is 9.59 Å². The number of hydrogen-bond acceptors (Lipinski definition) is 7. The monoisotopic (exact) mass is 532 g/mol. The van der Waals surface area contributed by atoms with Gasteiger partial charge in [0, 0.05) is 37.7 Å². The van der Waals surface area contributed by atoms with E-state index in [1.54, 1.807) is 11.8 Å². The molecule has 3 aliphatic rings. The van der Waals surface area contributed by atoms with E-state index in [-0.39, 0.29) is 46.7 Å². The summed E-state index contributed by atoms with van der Waals surface area (Å²) in [5.74, 6) is 1.17. The summed E-state index contributed by atoms with van der Waals surface area (Å²) in [5, 5.41) is 0. The summed E-state index contributed by atoms with van der Waals surface area (Å²) in [6.45, 7) is 2.28. The molecule has 0 bridgehead atoms. The van der Waals surface area contributed by atoms with Gasteiger partial charge in [-0.05, 0) is 69.6 Å². The number of amides is 2. The molecule has 2 saturated carbocycles. The molecule has 2 N–H and O–H groups in total. The van der Waals surface area contributed by atoms with Crippen LogP contribution in [-0.4, -0.2) is 65.5 Å². The van der Waals surface area contributed by atoms with Gasteiger partial charge in [0.1, 0.15) is 0 Å². The van der Waals surface area contributed by atoms with Gasteiger partial charge < -0.3 is 29.4 Å². The molecule has 5 rings (SSSR count). The molecule has 1 aromatic heterocycles. The highest BCUT2D eigenvalue weighted by atomic mass is 19.3. The van der Waals surface area contributed by atoms with Gasteiger partial charge in [0.25, 0.3) is 5.91 Å². The quantitative estimate of drug-likeness (QED) is 0.488. The molecule has 11 heteroatoms. The molecule has 1 aliphatic heterocycles. The number of carbonyl (C=O) groups excluding carboxylic acids is 2. The van der Waals surface area contributed by atoms with Crippen molar-refractivity contribution in [3.05, 3.63) is 29.7 Å². The van der Waals surface area contributed by atoms with Gasteiger partial charge in [-0.1, -0.05) is 0 Å². The van der Waals surface area contributed by atoms with E-state index in [1.807, 2.05) is 11.8 Å². The number of nitrogens with two attached hydrogens (primary N) is 1. The van der Waals surface area contributed by atoms with E-state index in [4.69, 9.17) is 14.9 Å². The smallest absolute Gasteiger partial charge is 0.387 e. The van der Waals surface area contributed by atoms with Crippen LogP contribution in [0.1, 0.15) is 68.2 Å². The number of halogens is 2. The lowest BCUT2D eigenvalue weighted by Crippen LogP contribution is -2.55. The Morgan fingerprint density at radius 2 is 1.89 bits per heavy atom. The van der Waals surface area contributed by atoms with Crippen molar-refractivity contribution in [1.29, 1.82) is 0 Å². The number of carbonyl (C=O) groups is 2. The van der Waals surface area contributed by atoms with Gasteiger partial charge in [0.05, 0.1) is 12.6 Å². The first-order valence-corrected chi connectivity index (χ1v) is 13.3. The highest BCUT2D eigenvalue weighted by molar-refractivity contribution is 5.94. The number of benzene rings is 1. The van der Waals surface area contributed by atoms with Crippen LogP contribution in [0.2, 0.25) is 0 Å². The summed E-state index contributed by atoms with van der Waals surface area (Å²) in [6, 6.07) is 3.70. The van der Waals surface area contributed by atoms with Gasteiger partial charge in [-0.25, -0.2) is 4.98 Å². The van der Waals surface area contributed by atoms with Gasteiger partial charge in [-0.15, -0.1) is 0 Å². The van der Waals surface area contributed by atoms with E-state index >= 15 is 0 Å². The normalized spacial score (nSPS) is 20.5. The van der Waals surface area contributed by atoms with Crippen LogP contribution in [0, 0.1) is 11.8 Å². The first-order chi connectivity index (χ1) is 18.2. The summed E-state index contributed by atoms with van der Waals surface area (Å²) in [4.78, 5) is 34.2. The lowest BCUT2D eigenvalue weighted by Gasteiger charge is -2.39. The van der Waals surface area contributed by atoms with Crippen LogP contribution in [0.3, 0.4) is 0 Å². The Morgan fingerprint density at radius 3 is 2.53 bits per heavy atom. The van der Waals surface area contributed by atoms with Crippen LogP contribution in [-0.2, 0) is 4.79 Å². The third kappa shape index (κ3) is 6.09. The van der Waals surface area contributed by atoms with Crippen LogP contribution in [0.25, 0.3) is 11.5 Å². The molecule has 2 amide bonds. The first kappa shape index (κ1) is 26.4. The number of hydrogen-bond donors (Lipinski definition) is 1. The molecule has 0 radical (unpaired) electrons. The third-order valence-electron chi connectivity index (χ3n) is 7.24. The van der Waals surface area contributed by atoms with Crippen molar-refractivity contribution in [3.8, 4) is 23.0 Å². The highest BCUT2D eigenvalue weighted by Gasteiger charge is 2.35. The van der Waals surface area contributed by atoms with E-state index in [2.05, 4.69) is 9.72 Å². The molecule has 1 saturated heterocycles. The Bertz CT molecular complexity index is 1180. The summed E-state index contributed by atoms with van der Waals surface area (Å²) >= 11 is 0. The summed E-state index contributed by atoms with van der Waals surface area (Å²) in [6.07, 6.45) is 4.88. The van der Waals surface area contributed by atoms with Crippen molar-refractivity contribution in [1.82, 2.24) is 14.8 Å². The Labute approximate surface area is 220 Å². The Balaban J connectivity index is 1.35.